The van der Waals surface area contributed by atoms with Crippen LogP contribution in [0.1, 0.15) is 32.3 Å². The number of hydrogen-bond acceptors (Lipinski definition) is 2. The molecular formula is C18H28F2N4. The standard InChI is InChI=1S/C18H28F2N4/c1-3-21-18(22-12-17(19)20)23-16-9-10-24(14(2)11-16)13-15-7-5-4-6-8-15/h4-8,14,16-17H,3,9-13H2,1-2H3,(H2,21,22,23). The van der Waals surface area contributed by atoms with Crippen LogP contribution in [0.4, 0.5) is 8.78 Å². The van der Waals surface area contributed by atoms with Gasteiger partial charge in [-0.05, 0) is 32.3 Å². The molecule has 1 aliphatic rings. The van der Waals surface area contributed by atoms with Crippen LogP contribution < -0.4 is 10.6 Å². The Morgan fingerprint density at radius 1 is 1.33 bits per heavy atom. The summed E-state index contributed by atoms with van der Waals surface area (Å²) in [6.45, 7) is 6.30. The Balaban J connectivity index is 1.86. The van der Waals surface area contributed by atoms with Crippen LogP contribution in [0, 0.1) is 0 Å². The van der Waals surface area contributed by atoms with Crippen LogP contribution in [0.3, 0.4) is 0 Å². The Hall–Kier alpha value is -1.69. The molecule has 1 heterocycles. The van der Waals surface area contributed by atoms with Crippen LogP contribution in [0.2, 0.25) is 0 Å². The summed E-state index contributed by atoms with van der Waals surface area (Å²) in [5, 5.41) is 6.35. The van der Waals surface area contributed by atoms with Gasteiger partial charge < -0.3 is 10.6 Å². The normalized spacial score (nSPS) is 22.6. The maximum atomic E-state index is 12.4. The largest absolute Gasteiger partial charge is 0.357 e. The molecule has 0 amide bonds. The number of benzene rings is 1. The lowest BCUT2D eigenvalue weighted by Gasteiger charge is -2.38. The molecule has 0 radical (unpaired) electrons. The van der Waals surface area contributed by atoms with E-state index < -0.39 is 13.0 Å². The van der Waals surface area contributed by atoms with Crippen LogP contribution >= 0.6 is 0 Å². The van der Waals surface area contributed by atoms with Crippen LogP contribution in [0.5, 0.6) is 0 Å². The molecule has 6 heteroatoms. The monoisotopic (exact) mass is 338 g/mol. The number of nitrogens with one attached hydrogen (secondary N) is 2. The average molecular weight is 338 g/mol. The number of nitrogens with zero attached hydrogens (tertiary/aromatic N) is 2. The highest BCUT2D eigenvalue weighted by molar-refractivity contribution is 5.80. The van der Waals surface area contributed by atoms with Gasteiger partial charge in [0, 0.05) is 31.7 Å². The summed E-state index contributed by atoms with van der Waals surface area (Å²) in [4.78, 5) is 6.42. The molecule has 0 bridgehead atoms. The minimum Gasteiger partial charge on any atom is -0.357 e. The highest BCUT2D eigenvalue weighted by atomic mass is 19.3. The van der Waals surface area contributed by atoms with Crippen molar-refractivity contribution in [2.75, 3.05) is 19.6 Å². The van der Waals surface area contributed by atoms with Crippen molar-refractivity contribution in [2.24, 2.45) is 4.99 Å². The molecule has 1 aromatic rings. The highest BCUT2D eigenvalue weighted by Crippen LogP contribution is 2.19. The molecule has 4 nitrogen and oxygen atoms in total. The van der Waals surface area contributed by atoms with Gasteiger partial charge in [-0.3, -0.25) is 4.90 Å². The van der Waals surface area contributed by atoms with Crippen molar-refractivity contribution >= 4 is 5.96 Å². The van der Waals surface area contributed by atoms with Gasteiger partial charge in [0.25, 0.3) is 6.43 Å². The van der Waals surface area contributed by atoms with Gasteiger partial charge in [0.05, 0.1) is 0 Å². The Morgan fingerprint density at radius 2 is 2.08 bits per heavy atom. The zero-order valence-electron chi connectivity index (χ0n) is 14.5. The zero-order chi connectivity index (χ0) is 17.4. The van der Waals surface area contributed by atoms with Gasteiger partial charge in [-0.2, -0.15) is 0 Å². The van der Waals surface area contributed by atoms with Crippen molar-refractivity contribution in [1.29, 1.82) is 0 Å². The number of aliphatic imine (C=N–C) groups is 1. The van der Waals surface area contributed by atoms with Crippen molar-refractivity contribution in [3.63, 3.8) is 0 Å². The van der Waals surface area contributed by atoms with Gasteiger partial charge in [-0.25, -0.2) is 13.8 Å². The van der Waals surface area contributed by atoms with E-state index >= 15 is 0 Å². The van der Waals surface area contributed by atoms with E-state index in [0.29, 0.717) is 18.5 Å². The first-order valence-electron chi connectivity index (χ1n) is 8.69. The molecule has 134 valence electrons. The van der Waals surface area contributed by atoms with E-state index in [4.69, 9.17) is 0 Å². The molecule has 2 atom stereocenters. The molecule has 2 N–H and O–H groups in total. The van der Waals surface area contributed by atoms with Crippen LogP contribution in [-0.4, -0.2) is 49.0 Å². The van der Waals surface area contributed by atoms with Gasteiger partial charge in [-0.1, -0.05) is 30.3 Å². The molecule has 1 aliphatic heterocycles. The molecule has 1 fully saturated rings. The molecule has 0 aliphatic carbocycles. The number of halogens is 2. The molecule has 1 saturated heterocycles. The highest BCUT2D eigenvalue weighted by Gasteiger charge is 2.26. The number of alkyl halides is 2. The van der Waals surface area contributed by atoms with Gasteiger partial charge in [0.1, 0.15) is 6.54 Å². The Bertz CT molecular complexity index is 507. The van der Waals surface area contributed by atoms with Crippen LogP contribution in [0.15, 0.2) is 35.3 Å². The van der Waals surface area contributed by atoms with E-state index in [1.807, 2.05) is 13.0 Å². The van der Waals surface area contributed by atoms with Gasteiger partial charge in [0.2, 0.25) is 0 Å². The molecule has 24 heavy (non-hydrogen) atoms. The van der Waals surface area contributed by atoms with Crippen molar-refractivity contribution in [3.05, 3.63) is 35.9 Å². The van der Waals surface area contributed by atoms with Crippen molar-refractivity contribution in [1.82, 2.24) is 15.5 Å². The van der Waals surface area contributed by atoms with E-state index in [2.05, 4.69) is 51.7 Å². The summed E-state index contributed by atoms with van der Waals surface area (Å²) in [6, 6.07) is 11.2. The van der Waals surface area contributed by atoms with Crippen molar-refractivity contribution < 1.29 is 8.78 Å². The summed E-state index contributed by atoms with van der Waals surface area (Å²) < 4.78 is 24.7. The number of rotatable bonds is 6. The number of hydrogen-bond donors (Lipinski definition) is 2. The van der Waals surface area contributed by atoms with Crippen LogP contribution in [0.25, 0.3) is 0 Å². The minimum atomic E-state index is -2.41. The van der Waals surface area contributed by atoms with Gasteiger partial charge >= 0.3 is 0 Å². The van der Waals surface area contributed by atoms with E-state index in [1.54, 1.807) is 0 Å². The zero-order valence-corrected chi connectivity index (χ0v) is 14.5. The second-order valence-corrected chi connectivity index (χ2v) is 6.28. The minimum absolute atomic E-state index is 0.266. The molecule has 1 aromatic carbocycles. The van der Waals surface area contributed by atoms with Gasteiger partial charge in [0.15, 0.2) is 5.96 Å². The smallest absolute Gasteiger partial charge is 0.257 e. The number of guanidine groups is 1. The first kappa shape index (κ1) is 18.6. The topological polar surface area (TPSA) is 39.7 Å². The average Bonchev–Trinajstić information content (AvgIpc) is 2.56. The summed E-state index contributed by atoms with van der Waals surface area (Å²) in [5.74, 6) is 0.492. The molecule has 0 spiro atoms. The Labute approximate surface area is 143 Å². The fraction of sp³-hybridized carbons (Fsp3) is 0.611. The predicted octanol–water partition coefficient (Wildman–Crippen LogP) is 2.86. The maximum absolute atomic E-state index is 12.4. The predicted molar refractivity (Wildman–Crippen MR) is 94.5 cm³/mol. The Morgan fingerprint density at radius 3 is 2.71 bits per heavy atom. The lowest BCUT2D eigenvalue weighted by atomic mass is 9.97. The van der Waals surface area contributed by atoms with E-state index in [1.165, 1.54) is 5.56 Å². The second-order valence-electron chi connectivity index (χ2n) is 6.28. The summed E-state index contributed by atoms with van der Waals surface area (Å²) in [7, 11) is 0. The molecule has 0 aromatic heterocycles. The number of piperidine rings is 1. The first-order chi connectivity index (χ1) is 11.6. The van der Waals surface area contributed by atoms with Crippen molar-refractivity contribution in [2.45, 2.75) is 51.7 Å². The SMILES string of the molecule is CCNC(=NCC(F)F)NC1CCN(Cc2ccccc2)C(C)C1. The molecule has 2 unspecified atom stereocenters. The fourth-order valence-corrected chi connectivity index (χ4v) is 3.08. The number of likely N-dealkylation sites (tertiary alicyclic amines) is 1. The second kappa shape index (κ2) is 9.57. The molecule has 2 rings (SSSR count). The first-order valence-corrected chi connectivity index (χ1v) is 8.69. The third-order valence-corrected chi connectivity index (χ3v) is 4.31. The third-order valence-electron chi connectivity index (χ3n) is 4.31. The van der Waals surface area contributed by atoms with Crippen LogP contribution in [-0.2, 0) is 6.54 Å². The van der Waals surface area contributed by atoms with E-state index in [-0.39, 0.29) is 6.04 Å². The summed E-state index contributed by atoms with van der Waals surface area (Å²) in [6.07, 6.45) is -0.450. The molecular weight excluding hydrogens is 310 g/mol. The van der Waals surface area contributed by atoms with E-state index in [9.17, 15) is 8.78 Å². The molecule has 0 saturated carbocycles. The quantitative estimate of drug-likeness (QED) is 0.619. The maximum Gasteiger partial charge on any atom is 0.257 e. The van der Waals surface area contributed by atoms with Gasteiger partial charge in [-0.15, -0.1) is 0 Å². The summed E-state index contributed by atoms with van der Waals surface area (Å²) in [5.41, 5.74) is 1.32. The lowest BCUT2D eigenvalue weighted by molar-refractivity contribution is 0.134. The van der Waals surface area contributed by atoms with E-state index in [0.717, 1.165) is 25.9 Å². The fourth-order valence-electron chi connectivity index (χ4n) is 3.08. The van der Waals surface area contributed by atoms with Crippen molar-refractivity contribution in [3.8, 4) is 0 Å². The Kier molecular flexibility index (Phi) is 7.43. The lowest BCUT2D eigenvalue weighted by Crippen LogP contribution is -2.51. The third kappa shape index (κ3) is 6.07. The summed E-state index contributed by atoms with van der Waals surface area (Å²) >= 11 is 0.